The molecule has 0 saturated carbocycles. The van der Waals surface area contributed by atoms with Crippen molar-refractivity contribution in [2.45, 2.75) is 6.54 Å². The minimum Gasteiger partial charge on any atom is -0.454 e. The largest absolute Gasteiger partial charge is 0.454 e. The topological polar surface area (TPSA) is 96.5 Å². The van der Waals surface area contributed by atoms with Gasteiger partial charge >= 0.3 is 5.82 Å². The van der Waals surface area contributed by atoms with Gasteiger partial charge in [0.1, 0.15) is 6.54 Å². The highest BCUT2D eigenvalue weighted by Crippen LogP contribution is 2.32. The second-order valence-electron chi connectivity index (χ2n) is 4.12. The van der Waals surface area contributed by atoms with Crippen molar-refractivity contribution in [2.75, 3.05) is 6.79 Å². The van der Waals surface area contributed by atoms with E-state index in [9.17, 15) is 14.9 Å². The molecule has 0 spiro atoms. The van der Waals surface area contributed by atoms with Gasteiger partial charge < -0.3 is 19.6 Å². The van der Waals surface area contributed by atoms with E-state index in [1.807, 2.05) is 0 Å². The van der Waals surface area contributed by atoms with Crippen molar-refractivity contribution in [1.29, 1.82) is 0 Å². The van der Waals surface area contributed by atoms with Gasteiger partial charge in [-0.05, 0) is 23.1 Å². The van der Waals surface area contributed by atoms with Gasteiger partial charge in [0.2, 0.25) is 6.79 Å². The third kappa shape index (κ3) is 2.18. The van der Waals surface area contributed by atoms with Gasteiger partial charge in [0.15, 0.2) is 17.3 Å². The van der Waals surface area contributed by atoms with Gasteiger partial charge in [-0.2, -0.15) is 4.68 Å². The van der Waals surface area contributed by atoms with Gasteiger partial charge in [-0.15, -0.1) is 0 Å². The Bertz CT molecular complexity index is 694. The number of benzene rings is 1. The molecule has 2 heterocycles. The fourth-order valence-electron chi connectivity index (χ4n) is 1.84. The van der Waals surface area contributed by atoms with Gasteiger partial charge in [0.25, 0.3) is 0 Å². The van der Waals surface area contributed by atoms with E-state index in [0.29, 0.717) is 17.1 Å². The SMILES string of the molecule is O=C(Cn1ccc([N+](=O)[O-])n1)c1ccc2c(c1)OCO2. The Morgan fingerprint density at radius 1 is 1.35 bits per heavy atom. The number of nitro groups is 1. The highest BCUT2D eigenvalue weighted by molar-refractivity contribution is 5.96. The minimum absolute atomic E-state index is 0.0759. The lowest BCUT2D eigenvalue weighted by Crippen LogP contribution is -2.11. The monoisotopic (exact) mass is 275 g/mol. The van der Waals surface area contributed by atoms with Crippen LogP contribution in [-0.2, 0) is 6.54 Å². The Balaban J connectivity index is 1.77. The lowest BCUT2D eigenvalue weighted by atomic mass is 10.1. The van der Waals surface area contributed by atoms with E-state index < -0.39 is 4.92 Å². The molecule has 0 saturated heterocycles. The molecule has 1 aliphatic rings. The Hall–Kier alpha value is -2.90. The number of ether oxygens (including phenoxy) is 2. The molecule has 0 bridgehead atoms. The fraction of sp³-hybridized carbons (Fsp3) is 0.167. The molecule has 0 atom stereocenters. The number of carbonyl (C=O) groups is 1. The molecule has 3 rings (SSSR count). The van der Waals surface area contributed by atoms with E-state index in [1.54, 1.807) is 18.2 Å². The second kappa shape index (κ2) is 4.65. The number of carbonyl (C=O) groups excluding carboxylic acids is 1. The van der Waals surface area contributed by atoms with Gasteiger partial charge in [-0.1, -0.05) is 0 Å². The minimum atomic E-state index is -0.610. The molecule has 8 nitrogen and oxygen atoms in total. The molecule has 0 unspecified atom stereocenters. The van der Waals surface area contributed by atoms with E-state index in [1.165, 1.54) is 16.9 Å². The zero-order valence-electron chi connectivity index (χ0n) is 10.2. The molecule has 2 aromatic rings. The summed E-state index contributed by atoms with van der Waals surface area (Å²) in [6.07, 6.45) is 1.39. The number of hydrogen-bond donors (Lipinski definition) is 0. The summed E-state index contributed by atoms with van der Waals surface area (Å²) in [5.41, 5.74) is 0.437. The van der Waals surface area contributed by atoms with Crippen molar-refractivity contribution < 1.29 is 19.2 Å². The molecule has 1 aliphatic heterocycles. The van der Waals surface area contributed by atoms with Gasteiger partial charge in [-0.25, -0.2) is 0 Å². The first-order chi connectivity index (χ1) is 9.63. The van der Waals surface area contributed by atoms with Gasteiger partial charge in [0.05, 0.1) is 17.4 Å². The number of ketones is 1. The van der Waals surface area contributed by atoms with E-state index in [0.717, 1.165) is 0 Å². The Kier molecular flexibility index (Phi) is 2.82. The van der Waals surface area contributed by atoms with Crippen LogP contribution in [0.15, 0.2) is 30.5 Å². The summed E-state index contributed by atoms with van der Waals surface area (Å²) in [4.78, 5) is 22.0. The van der Waals surface area contributed by atoms with Crippen molar-refractivity contribution in [2.24, 2.45) is 0 Å². The Morgan fingerprint density at radius 3 is 2.90 bits per heavy atom. The predicted octanol–water partition coefficient (Wildman–Crippen LogP) is 1.40. The summed E-state index contributed by atoms with van der Waals surface area (Å²) in [6, 6.07) is 6.10. The lowest BCUT2D eigenvalue weighted by molar-refractivity contribution is -0.389. The van der Waals surface area contributed by atoms with Gasteiger partial charge in [-0.3, -0.25) is 4.79 Å². The molecule has 20 heavy (non-hydrogen) atoms. The Morgan fingerprint density at radius 2 is 2.15 bits per heavy atom. The van der Waals surface area contributed by atoms with Crippen LogP contribution >= 0.6 is 0 Å². The van der Waals surface area contributed by atoms with E-state index >= 15 is 0 Å². The van der Waals surface area contributed by atoms with Crippen LogP contribution in [0.2, 0.25) is 0 Å². The first kappa shape index (κ1) is 12.2. The smallest absolute Gasteiger partial charge is 0.389 e. The zero-order valence-corrected chi connectivity index (χ0v) is 10.2. The molecule has 0 N–H and O–H groups in total. The third-order valence-corrected chi connectivity index (χ3v) is 2.81. The lowest BCUT2D eigenvalue weighted by Gasteiger charge is -2.01. The summed E-state index contributed by atoms with van der Waals surface area (Å²) < 4.78 is 11.6. The molecule has 0 amide bonds. The van der Waals surface area contributed by atoms with Crippen LogP contribution in [0.3, 0.4) is 0 Å². The van der Waals surface area contributed by atoms with Crippen LogP contribution in [0.5, 0.6) is 11.5 Å². The average molecular weight is 275 g/mol. The molecule has 0 radical (unpaired) electrons. The third-order valence-electron chi connectivity index (χ3n) is 2.81. The molecule has 1 aromatic carbocycles. The number of fused-ring (bicyclic) bond motifs is 1. The average Bonchev–Trinajstić information content (AvgIpc) is 3.05. The molecule has 1 aromatic heterocycles. The Labute approximate surface area is 112 Å². The quantitative estimate of drug-likeness (QED) is 0.475. The van der Waals surface area contributed by atoms with Crippen molar-refractivity contribution >= 4 is 11.6 Å². The van der Waals surface area contributed by atoms with Crippen molar-refractivity contribution in [1.82, 2.24) is 9.78 Å². The van der Waals surface area contributed by atoms with Crippen LogP contribution in [0.4, 0.5) is 5.82 Å². The number of hydrogen-bond acceptors (Lipinski definition) is 6. The number of aromatic nitrogens is 2. The van der Waals surface area contributed by atoms with Crippen LogP contribution in [0.1, 0.15) is 10.4 Å². The van der Waals surface area contributed by atoms with E-state index in [4.69, 9.17) is 9.47 Å². The van der Waals surface area contributed by atoms with Crippen molar-refractivity contribution in [3.63, 3.8) is 0 Å². The highest BCUT2D eigenvalue weighted by Gasteiger charge is 2.18. The molecule has 102 valence electrons. The molecular formula is C12H9N3O5. The predicted molar refractivity (Wildman–Crippen MR) is 65.8 cm³/mol. The first-order valence-corrected chi connectivity index (χ1v) is 5.74. The summed E-state index contributed by atoms with van der Waals surface area (Å²) in [7, 11) is 0. The summed E-state index contributed by atoms with van der Waals surface area (Å²) >= 11 is 0. The second-order valence-corrected chi connectivity index (χ2v) is 4.12. The van der Waals surface area contributed by atoms with Crippen molar-refractivity contribution in [3.05, 3.63) is 46.1 Å². The summed E-state index contributed by atoms with van der Waals surface area (Å²) in [6.45, 7) is 0.0613. The standard InChI is InChI=1S/C12H9N3O5/c16-9(6-14-4-3-12(13-14)15(17)18)8-1-2-10-11(5-8)20-7-19-10/h1-5H,6-7H2. The summed E-state index contributed by atoms with van der Waals surface area (Å²) in [5.74, 6) is 0.600. The number of rotatable bonds is 4. The van der Waals surface area contributed by atoms with Gasteiger partial charge in [0, 0.05) is 5.56 Å². The summed E-state index contributed by atoms with van der Waals surface area (Å²) in [5, 5.41) is 14.2. The van der Waals surface area contributed by atoms with Crippen LogP contribution < -0.4 is 9.47 Å². The van der Waals surface area contributed by atoms with E-state index in [-0.39, 0.29) is 24.9 Å². The van der Waals surface area contributed by atoms with Crippen LogP contribution in [-0.4, -0.2) is 27.3 Å². The van der Waals surface area contributed by atoms with Crippen LogP contribution in [0.25, 0.3) is 0 Å². The molecule has 8 heteroatoms. The molecule has 0 aliphatic carbocycles. The maximum atomic E-state index is 12.1. The van der Waals surface area contributed by atoms with Crippen molar-refractivity contribution in [3.8, 4) is 11.5 Å². The first-order valence-electron chi connectivity index (χ1n) is 5.74. The maximum Gasteiger partial charge on any atom is 0.389 e. The van der Waals surface area contributed by atoms with E-state index in [2.05, 4.69) is 5.10 Å². The number of nitrogens with zero attached hydrogens (tertiary/aromatic N) is 3. The zero-order chi connectivity index (χ0) is 14.1. The molecule has 0 fully saturated rings. The fourth-order valence-corrected chi connectivity index (χ4v) is 1.84. The van der Waals surface area contributed by atoms with Crippen LogP contribution in [0, 0.1) is 10.1 Å². The number of Topliss-reactive ketones (excluding diaryl/α,β-unsaturated/α-hetero) is 1. The highest BCUT2D eigenvalue weighted by atomic mass is 16.7. The maximum absolute atomic E-state index is 12.1. The normalized spacial score (nSPS) is 12.4. The molecular weight excluding hydrogens is 266 g/mol.